The van der Waals surface area contributed by atoms with Crippen LogP contribution in [0.25, 0.3) is 11.1 Å². The van der Waals surface area contributed by atoms with Crippen molar-refractivity contribution in [2.45, 2.75) is 49.8 Å². The van der Waals surface area contributed by atoms with Crippen molar-refractivity contribution >= 4 is 23.7 Å². The molecule has 0 aliphatic rings. The number of hydrogen-bond donors (Lipinski definition) is 2. The molecule has 0 aromatic heterocycles. The number of thioether (sulfide) groups is 1. The van der Waals surface area contributed by atoms with Gasteiger partial charge < -0.3 is 19.9 Å². The van der Waals surface area contributed by atoms with E-state index in [4.69, 9.17) is 9.47 Å². The zero-order chi connectivity index (χ0) is 27.0. The van der Waals surface area contributed by atoms with Gasteiger partial charge in [-0.25, -0.2) is 4.79 Å². The minimum Gasteiger partial charge on any atom is -0.465 e. The van der Waals surface area contributed by atoms with E-state index < -0.39 is 23.7 Å². The van der Waals surface area contributed by atoms with Crippen molar-refractivity contribution in [2.75, 3.05) is 19.9 Å². The van der Waals surface area contributed by atoms with E-state index in [0.717, 1.165) is 21.6 Å². The van der Waals surface area contributed by atoms with Gasteiger partial charge in [0.05, 0.1) is 12.7 Å². The number of carbonyl (C=O) groups is 2. The molecule has 0 bridgehead atoms. The van der Waals surface area contributed by atoms with Crippen LogP contribution in [0.15, 0.2) is 77.7 Å². The Morgan fingerprint density at radius 1 is 0.973 bits per heavy atom. The highest BCUT2D eigenvalue weighted by atomic mass is 32.2. The van der Waals surface area contributed by atoms with Gasteiger partial charge in [0.2, 0.25) is 0 Å². The molecule has 196 valence electrons. The number of aliphatic hydroxyl groups is 1. The summed E-state index contributed by atoms with van der Waals surface area (Å²) in [6.45, 7) is 5.91. The summed E-state index contributed by atoms with van der Waals surface area (Å²) in [5, 5.41) is 14.1. The van der Waals surface area contributed by atoms with Crippen LogP contribution in [0, 0.1) is 0 Å². The Morgan fingerprint density at radius 2 is 1.62 bits per heavy atom. The number of esters is 2. The van der Waals surface area contributed by atoms with Crippen LogP contribution >= 0.6 is 11.8 Å². The molecule has 0 aliphatic carbocycles. The van der Waals surface area contributed by atoms with Gasteiger partial charge >= 0.3 is 11.9 Å². The van der Waals surface area contributed by atoms with Gasteiger partial charge in [0.25, 0.3) is 0 Å². The Hall–Kier alpha value is -3.13. The first-order chi connectivity index (χ1) is 17.6. The lowest BCUT2D eigenvalue weighted by atomic mass is 10.0. The zero-order valence-electron chi connectivity index (χ0n) is 22.0. The van der Waals surface area contributed by atoms with Crippen LogP contribution in [0.4, 0.5) is 0 Å². The second-order valence-corrected chi connectivity index (χ2v) is 10.5. The number of ether oxygens (including phenoxy) is 2. The first kappa shape index (κ1) is 28.4. The Morgan fingerprint density at radius 3 is 2.22 bits per heavy atom. The van der Waals surface area contributed by atoms with Crippen molar-refractivity contribution in [3.8, 4) is 11.1 Å². The predicted octanol–water partition coefficient (Wildman–Crippen LogP) is 5.44. The van der Waals surface area contributed by atoms with E-state index in [1.165, 1.54) is 18.9 Å². The van der Waals surface area contributed by atoms with E-state index >= 15 is 0 Å². The molecule has 6 nitrogen and oxygen atoms in total. The summed E-state index contributed by atoms with van der Waals surface area (Å²) in [7, 11) is 1.38. The maximum atomic E-state index is 12.9. The Balaban J connectivity index is 1.68. The number of hydrogen-bond acceptors (Lipinski definition) is 7. The first-order valence-corrected chi connectivity index (χ1v) is 13.4. The quantitative estimate of drug-likeness (QED) is 0.272. The van der Waals surface area contributed by atoms with Crippen LogP contribution in [0.1, 0.15) is 48.4 Å². The molecule has 3 rings (SSSR count). The molecule has 0 radical (unpaired) electrons. The SMILES string of the molecule is COC(=O)c1ccc(-c2ccc(CCNC(C(=O)OC(C)(C)C)[C@H](O)c3ccccc3)cc2)cc1SC. The van der Waals surface area contributed by atoms with E-state index in [1.807, 2.05) is 81.6 Å². The van der Waals surface area contributed by atoms with Gasteiger partial charge in [0.15, 0.2) is 0 Å². The van der Waals surface area contributed by atoms with Crippen molar-refractivity contribution in [1.82, 2.24) is 5.32 Å². The highest BCUT2D eigenvalue weighted by Crippen LogP contribution is 2.29. The maximum absolute atomic E-state index is 12.9. The maximum Gasteiger partial charge on any atom is 0.338 e. The molecule has 2 N–H and O–H groups in total. The lowest BCUT2D eigenvalue weighted by molar-refractivity contribution is -0.160. The molecular weight excluding hydrogens is 486 g/mol. The first-order valence-electron chi connectivity index (χ1n) is 12.2. The van der Waals surface area contributed by atoms with Crippen molar-refractivity contribution in [3.63, 3.8) is 0 Å². The average Bonchev–Trinajstić information content (AvgIpc) is 2.89. The third-order valence-corrected chi connectivity index (χ3v) is 6.57. The third kappa shape index (κ3) is 7.92. The lowest BCUT2D eigenvalue weighted by Crippen LogP contribution is -2.46. The molecule has 37 heavy (non-hydrogen) atoms. The summed E-state index contributed by atoms with van der Waals surface area (Å²) >= 11 is 1.50. The van der Waals surface area contributed by atoms with Crippen molar-refractivity contribution in [1.29, 1.82) is 0 Å². The number of methoxy groups -OCH3 is 1. The van der Waals surface area contributed by atoms with Crippen LogP contribution in [-0.4, -0.2) is 48.6 Å². The van der Waals surface area contributed by atoms with E-state index in [1.54, 1.807) is 18.2 Å². The minimum absolute atomic E-state index is 0.346. The summed E-state index contributed by atoms with van der Waals surface area (Å²) in [5.41, 5.74) is 3.68. The molecule has 2 atom stereocenters. The van der Waals surface area contributed by atoms with Crippen molar-refractivity contribution < 1.29 is 24.2 Å². The summed E-state index contributed by atoms with van der Waals surface area (Å²) in [6.07, 6.45) is 1.57. The second kappa shape index (κ2) is 12.9. The van der Waals surface area contributed by atoms with Crippen molar-refractivity contribution in [2.24, 2.45) is 0 Å². The van der Waals surface area contributed by atoms with Crippen LogP contribution in [0.5, 0.6) is 0 Å². The Bertz CT molecular complexity index is 1190. The number of rotatable bonds is 10. The summed E-state index contributed by atoms with van der Waals surface area (Å²) in [6, 6.07) is 22.1. The molecule has 7 heteroatoms. The fourth-order valence-corrected chi connectivity index (χ4v) is 4.53. The number of benzene rings is 3. The van der Waals surface area contributed by atoms with Gasteiger partial charge in [0, 0.05) is 11.4 Å². The normalized spacial score (nSPS) is 13.0. The van der Waals surface area contributed by atoms with Gasteiger partial charge in [-0.05, 0) is 67.8 Å². The number of aliphatic hydroxyl groups excluding tert-OH is 1. The fraction of sp³-hybridized carbons (Fsp3) is 0.333. The van der Waals surface area contributed by atoms with Gasteiger partial charge in [0.1, 0.15) is 17.7 Å². The molecule has 1 unspecified atom stereocenters. The minimum atomic E-state index is -1.03. The van der Waals surface area contributed by atoms with Gasteiger partial charge in [-0.3, -0.25) is 4.79 Å². The van der Waals surface area contributed by atoms with E-state index in [-0.39, 0.29) is 5.97 Å². The Labute approximate surface area is 223 Å². The Kier molecular flexibility index (Phi) is 9.92. The second-order valence-electron chi connectivity index (χ2n) is 9.67. The van der Waals surface area contributed by atoms with Crippen LogP contribution in [-0.2, 0) is 20.7 Å². The molecule has 0 saturated carbocycles. The largest absolute Gasteiger partial charge is 0.465 e. The van der Waals surface area contributed by atoms with Crippen LogP contribution < -0.4 is 5.32 Å². The topological polar surface area (TPSA) is 84.9 Å². The molecule has 3 aromatic carbocycles. The fourth-order valence-electron chi connectivity index (χ4n) is 3.92. The zero-order valence-corrected chi connectivity index (χ0v) is 22.8. The lowest BCUT2D eigenvalue weighted by Gasteiger charge is -2.27. The number of carbonyl (C=O) groups excluding carboxylic acids is 2. The monoisotopic (exact) mass is 521 g/mol. The molecule has 0 saturated heterocycles. The standard InChI is InChI=1S/C30H35NO5S/c1-30(2,3)36-29(34)26(27(32)22-9-7-6-8-10-22)31-18-17-20-11-13-21(14-12-20)23-15-16-24(28(33)35-4)25(19-23)37-5/h6-16,19,26-27,31-32H,17-18H2,1-5H3/t26?,27-/m1/s1. The van der Waals surface area contributed by atoms with E-state index in [2.05, 4.69) is 5.32 Å². The van der Waals surface area contributed by atoms with E-state index in [0.29, 0.717) is 24.1 Å². The smallest absolute Gasteiger partial charge is 0.338 e. The molecular formula is C30H35NO5S. The van der Waals surface area contributed by atoms with Crippen molar-refractivity contribution in [3.05, 3.63) is 89.5 Å². The molecule has 0 spiro atoms. The molecule has 0 heterocycles. The third-order valence-electron chi connectivity index (χ3n) is 5.79. The highest BCUT2D eigenvalue weighted by molar-refractivity contribution is 7.98. The van der Waals surface area contributed by atoms with Crippen LogP contribution in [0.3, 0.4) is 0 Å². The molecule has 0 aliphatic heterocycles. The summed E-state index contributed by atoms with van der Waals surface area (Å²) in [4.78, 5) is 25.7. The van der Waals surface area contributed by atoms with Crippen LogP contribution in [0.2, 0.25) is 0 Å². The molecule has 0 amide bonds. The number of nitrogens with one attached hydrogen (secondary N) is 1. The van der Waals surface area contributed by atoms with Gasteiger partial charge in [-0.2, -0.15) is 0 Å². The predicted molar refractivity (Wildman–Crippen MR) is 148 cm³/mol. The average molecular weight is 522 g/mol. The molecule has 3 aromatic rings. The summed E-state index contributed by atoms with van der Waals surface area (Å²) in [5.74, 6) is -0.833. The molecule has 0 fully saturated rings. The van der Waals surface area contributed by atoms with E-state index in [9.17, 15) is 14.7 Å². The summed E-state index contributed by atoms with van der Waals surface area (Å²) < 4.78 is 10.4. The van der Waals surface area contributed by atoms with Gasteiger partial charge in [-0.15, -0.1) is 11.8 Å². The van der Waals surface area contributed by atoms with Gasteiger partial charge in [-0.1, -0.05) is 60.7 Å². The highest BCUT2D eigenvalue weighted by Gasteiger charge is 2.31.